The van der Waals surface area contributed by atoms with Gasteiger partial charge in [0.1, 0.15) is 6.04 Å². The maximum atomic E-state index is 12.8. The van der Waals surface area contributed by atoms with Crippen LogP contribution in [0, 0.1) is 0 Å². The van der Waals surface area contributed by atoms with Gasteiger partial charge in [-0.25, -0.2) is 9.79 Å². The first-order chi connectivity index (χ1) is 14.3. The second-order valence-corrected chi connectivity index (χ2v) is 8.93. The van der Waals surface area contributed by atoms with E-state index in [-0.39, 0.29) is 18.0 Å². The second kappa shape index (κ2) is 11.5. The van der Waals surface area contributed by atoms with Crippen LogP contribution in [0.2, 0.25) is 0 Å². The standard InChI is InChI=1S/C22H31N3O3S2/c1-7-25(8-2)18(26)13-30-22-23-15(5)19(21(27)28-14(3)4)20(24-22)16-9-11-17(29-6)12-10-16/h9-12,14,20H,7-8,13H2,1-6H3,(H,23,24). The number of allylic oxidation sites excluding steroid dienone is 1. The van der Waals surface area contributed by atoms with Crippen molar-refractivity contribution < 1.29 is 14.3 Å². The zero-order chi connectivity index (χ0) is 22.3. The first-order valence-corrected chi connectivity index (χ1v) is 12.3. The van der Waals surface area contributed by atoms with Gasteiger partial charge in [0.2, 0.25) is 5.91 Å². The van der Waals surface area contributed by atoms with Gasteiger partial charge in [0, 0.05) is 23.7 Å². The Hall–Kier alpha value is -1.93. The number of nitrogens with zero attached hydrogens (tertiary/aromatic N) is 2. The molecule has 1 amide bonds. The molecule has 0 aromatic heterocycles. The molecule has 0 saturated heterocycles. The topological polar surface area (TPSA) is 71.0 Å². The molecule has 0 saturated carbocycles. The highest BCUT2D eigenvalue weighted by molar-refractivity contribution is 8.14. The summed E-state index contributed by atoms with van der Waals surface area (Å²) in [6, 6.07) is 7.55. The van der Waals surface area contributed by atoms with Crippen LogP contribution < -0.4 is 5.32 Å². The number of amides is 1. The lowest BCUT2D eigenvalue weighted by molar-refractivity contribution is -0.143. The molecule has 1 aromatic carbocycles. The third-order valence-corrected chi connectivity index (χ3v) is 6.28. The maximum Gasteiger partial charge on any atom is 0.338 e. The van der Waals surface area contributed by atoms with E-state index >= 15 is 0 Å². The minimum atomic E-state index is -0.473. The van der Waals surface area contributed by atoms with Crippen molar-refractivity contribution in [1.29, 1.82) is 0 Å². The Morgan fingerprint density at radius 2 is 1.83 bits per heavy atom. The Morgan fingerprint density at radius 3 is 2.37 bits per heavy atom. The minimum Gasteiger partial charge on any atom is -0.459 e. The summed E-state index contributed by atoms with van der Waals surface area (Å²) < 4.78 is 5.47. The summed E-state index contributed by atoms with van der Waals surface area (Å²) in [5.74, 6) is -0.00647. The van der Waals surface area contributed by atoms with Gasteiger partial charge >= 0.3 is 5.97 Å². The zero-order valence-corrected chi connectivity index (χ0v) is 20.2. The number of hydrogen-bond donors (Lipinski definition) is 1. The fourth-order valence-electron chi connectivity index (χ4n) is 3.09. The molecule has 30 heavy (non-hydrogen) atoms. The van der Waals surface area contributed by atoms with E-state index < -0.39 is 6.04 Å². The Balaban J connectivity index is 2.30. The summed E-state index contributed by atoms with van der Waals surface area (Å²) in [6.07, 6.45) is 1.80. The van der Waals surface area contributed by atoms with E-state index in [1.165, 1.54) is 11.8 Å². The van der Waals surface area contributed by atoms with E-state index in [0.717, 1.165) is 10.5 Å². The van der Waals surface area contributed by atoms with Crippen LogP contribution in [0.25, 0.3) is 0 Å². The number of carbonyl (C=O) groups excluding carboxylic acids is 2. The van der Waals surface area contributed by atoms with Gasteiger partial charge in [0.25, 0.3) is 0 Å². The molecule has 1 aliphatic rings. The lowest BCUT2D eigenvalue weighted by Crippen LogP contribution is -2.34. The van der Waals surface area contributed by atoms with Crippen LogP contribution in [0.3, 0.4) is 0 Å². The number of benzene rings is 1. The molecule has 1 N–H and O–H groups in total. The average molecular weight is 450 g/mol. The lowest BCUT2D eigenvalue weighted by atomic mass is 9.96. The quantitative estimate of drug-likeness (QED) is 0.473. The van der Waals surface area contributed by atoms with Gasteiger partial charge in [0.05, 0.1) is 17.4 Å². The zero-order valence-electron chi connectivity index (χ0n) is 18.5. The molecule has 0 bridgehead atoms. The molecule has 0 aliphatic carbocycles. The fraction of sp³-hybridized carbons (Fsp3) is 0.500. The average Bonchev–Trinajstić information content (AvgIpc) is 2.72. The van der Waals surface area contributed by atoms with Crippen molar-refractivity contribution in [3.05, 3.63) is 41.1 Å². The normalized spacial score (nSPS) is 16.2. The van der Waals surface area contributed by atoms with E-state index in [1.54, 1.807) is 16.7 Å². The smallest absolute Gasteiger partial charge is 0.338 e. The molecule has 1 atom stereocenters. The summed E-state index contributed by atoms with van der Waals surface area (Å²) in [5.41, 5.74) is 2.12. The number of thioether (sulfide) groups is 2. The van der Waals surface area contributed by atoms with E-state index in [9.17, 15) is 9.59 Å². The third-order valence-electron chi connectivity index (χ3n) is 4.66. The Labute approximate surface area is 187 Å². The first-order valence-electron chi connectivity index (χ1n) is 10.1. The molecule has 2 rings (SSSR count). The molecule has 0 fully saturated rings. The number of esters is 1. The Kier molecular flexibility index (Phi) is 9.30. The molecule has 1 heterocycles. The van der Waals surface area contributed by atoms with Crippen molar-refractivity contribution in [3.8, 4) is 0 Å². The van der Waals surface area contributed by atoms with Gasteiger partial charge in [-0.3, -0.25) is 4.79 Å². The number of amidine groups is 1. The lowest BCUT2D eigenvalue weighted by Gasteiger charge is -2.27. The molecule has 1 unspecified atom stereocenters. The molecular formula is C22H31N3O3S2. The first kappa shape index (κ1) is 24.3. The number of aliphatic imine (C=N–C) groups is 1. The highest BCUT2D eigenvalue weighted by atomic mass is 32.2. The van der Waals surface area contributed by atoms with Crippen molar-refractivity contribution in [2.45, 2.75) is 51.7 Å². The van der Waals surface area contributed by atoms with Crippen molar-refractivity contribution >= 4 is 40.6 Å². The molecule has 0 radical (unpaired) electrons. The number of hydrogen-bond acceptors (Lipinski definition) is 7. The Morgan fingerprint density at radius 1 is 1.20 bits per heavy atom. The highest BCUT2D eigenvalue weighted by Crippen LogP contribution is 2.34. The minimum absolute atomic E-state index is 0.0713. The third kappa shape index (κ3) is 6.28. The van der Waals surface area contributed by atoms with Crippen molar-refractivity contribution in [2.24, 2.45) is 4.99 Å². The monoisotopic (exact) mass is 449 g/mol. The van der Waals surface area contributed by atoms with Crippen molar-refractivity contribution in [1.82, 2.24) is 10.2 Å². The Bertz CT molecular complexity index is 815. The predicted octanol–water partition coefficient (Wildman–Crippen LogP) is 4.24. The predicted molar refractivity (Wildman–Crippen MR) is 126 cm³/mol. The maximum absolute atomic E-state index is 12.8. The molecule has 1 aliphatic heterocycles. The second-order valence-electron chi connectivity index (χ2n) is 7.08. The molecular weight excluding hydrogens is 418 g/mol. The van der Waals surface area contributed by atoms with E-state index in [0.29, 0.717) is 35.3 Å². The summed E-state index contributed by atoms with van der Waals surface area (Å²) >= 11 is 3.02. The SMILES string of the molecule is CCN(CC)C(=O)CSC1=NC(c2ccc(SC)cc2)C(C(=O)OC(C)C)=C(C)N1. The van der Waals surface area contributed by atoms with Gasteiger partial charge < -0.3 is 15.0 Å². The van der Waals surface area contributed by atoms with Gasteiger partial charge in [-0.2, -0.15) is 0 Å². The van der Waals surface area contributed by atoms with E-state index in [2.05, 4.69) is 5.32 Å². The van der Waals surface area contributed by atoms with Gasteiger partial charge in [-0.1, -0.05) is 23.9 Å². The van der Waals surface area contributed by atoms with Crippen LogP contribution in [0.15, 0.2) is 45.4 Å². The summed E-state index contributed by atoms with van der Waals surface area (Å²) in [6.45, 7) is 10.8. The van der Waals surface area contributed by atoms with Gasteiger partial charge in [-0.05, 0) is 58.6 Å². The molecule has 6 nitrogen and oxygen atoms in total. The summed E-state index contributed by atoms with van der Waals surface area (Å²) in [4.78, 5) is 32.9. The van der Waals surface area contributed by atoms with Gasteiger partial charge in [-0.15, -0.1) is 11.8 Å². The number of nitrogens with one attached hydrogen (secondary N) is 1. The van der Waals surface area contributed by atoms with E-state index in [4.69, 9.17) is 9.73 Å². The molecule has 164 valence electrons. The number of rotatable bonds is 8. The van der Waals surface area contributed by atoms with Gasteiger partial charge in [0.15, 0.2) is 5.17 Å². The number of carbonyl (C=O) groups is 2. The van der Waals surface area contributed by atoms with Crippen LogP contribution >= 0.6 is 23.5 Å². The van der Waals surface area contributed by atoms with Crippen LogP contribution in [0.5, 0.6) is 0 Å². The van der Waals surface area contributed by atoms with Crippen molar-refractivity contribution in [3.63, 3.8) is 0 Å². The molecule has 1 aromatic rings. The summed E-state index contributed by atoms with van der Waals surface area (Å²) in [5, 5.41) is 3.82. The van der Waals surface area contributed by atoms with E-state index in [1.807, 2.05) is 65.1 Å². The van der Waals surface area contributed by atoms with Crippen LogP contribution in [-0.2, 0) is 14.3 Å². The number of ether oxygens (including phenoxy) is 1. The van der Waals surface area contributed by atoms with Crippen LogP contribution in [-0.4, -0.2) is 53.1 Å². The van der Waals surface area contributed by atoms with Crippen LogP contribution in [0.1, 0.15) is 46.2 Å². The van der Waals surface area contributed by atoms with Crippen molar-refractivity contribution in [2.75, 3.05) is 25.1 Å². The molecule has 8 heteroatoms. The molecule has 0 spiro atoms. The van der Waals surface area contributed by atoms with Crippen LogP contribution in [0.4, 0.5) is 0 Å². The summed E-state index contributed by atoms with van der Waals surface area (Å²) in [7, 11) is 0. The fourth-order valence-corrected chi connectivity index (χ4v) is 4.34. The largest absolute Gasteiger partial charge is 0.459 e. The highest BCUT2D eigenvalue weighted by Gasteiger charge is 2.31.